The van der Waals surface area contributed by atoms with Crippen LogP contribution < -0.4 is 5.32 Å². The van der Waals surface area contributed by atoms with Crippen molar-refractivity contribution in [2.75, 3.05) is 19.8 Å². The lowest BCUT2D eigenvalue weighted by Gasteiger charge is -2.06. The van der Waals surface area contributed by atoms with Crippen molar-refractivity contribution in [1.82, 2.24) is 5.32 Å². The first-order valence-electron chi connectivity index (χ1n) is 7.59. The van der Waals surface area contributed by atoms with Crippen LogP contribution in [0.3, 0.4) is 0 Å². The second kappa shape index (κ2) is 10.9. The summed E-state index contributed by atoms with van der Waals surface area (Å²) in [6, 6.07) is 9.43. The predicted octanol–water partition coefficient (Wildman–Crippen LogP) is 2.81. The van der Waals surface area contributed by atoms with Crippen LogP contribution in [0, 0.1) is 11.3 Å². The van der Waals surface area contributed by atoms with Crippen molar-refractivity contribution in [2.45, 2.75) is 39.0 Å². The zero-order valence-electron chi connectivity index (χ0n) is 12.7. The topological polar surface area (TPSA) is 62.1 Å². The number of ether oxygens (including phenoxy) is 1. The lowest BCUT2D eigenvalue weighted by molar-refractivity contribution is -0.121. The van der Waals surface area contributed by atoms with Crippen molar-refractivity contribution in [1.29, 1.82) is 5.26 Å². The molecule has 4 nitrogen and oxygen atoms in total. The number of nitriles is 1. The summed E-state index contributed by atoms with van der Waals surface area (Å²) in [5, 5.41) is 11.6. The lowest BCUT2D eigenvalue weighted by Crippen LogP contribution is -2.25. The zero-order chi connectivity index (χ0) is 15.3. The third-order valence-electron chi connectivity index (χ3n) is 3.15. The molecular weight excluding hydrogens is 264 g/mol. The van der Waals surface area contributed by atoms with Gasteiger partial charge in [0.15, 0.2) is 0 Å². The highest BCUT2D eigenvalue weighted by atomic mass is 16.5. The summed E-state index contributed by atoms with van der Waals surface area (Å²) < 4.78 is 5.43. The van der Waals surface area contributed by atoms with Crippen LogP contribution in [0.2, 0.25) is 0 Å². The predicted molar refractivity (Wildman–Crippen MR) is 82.8 cm³/mol. The largest absolute Gasteiger partial charge is 0.381 e. The van der Waals surface area contributed by atoms with Gasteiger partial charge in [0.25, 0.3) is 0 Å². The van der Waals surface area contributed by atoms with E-state index in [0.29, 0.717) is 31.6 Å². The van der Waals surface area contributed by atoms with Gasteiger partial charge in [0, 0.05) is 26.2 Å². The number of rotatable bonds is 10. The third kappa shape index (κ3) is 8.11. The first-order chi connectivity index (χ1) is 10.3. The number of unbranched alkanes of at least 4 members (excludes halogenated alkanes) is 1. The first kappa shape index (κ1) is 17.2. The summed E-state index contributed by atoms with van der Waals surface area (Å²) >= 11 is 0. The molecule has 1 rings (SSSR count). The average Bonchev–Trinajstić information content (AvgIpc) is 2.52. The fourth-order valence-corrected chi connectivity index (χ4v) is 1.84. The number of nitrogens with zero attached hydrogens (tertiary/aromatic N) is 1. The van der Waals surface area contributed by atoms with Crippen LogP contribution in [0.25, 0.3) is 0 Å². The summed E-state index contributed by atoms with van der Waals surface area (Å²) in [5.41, 5.74) is 1.72. The van der Waals surface area contributed by atoms with Crippen LogP contribution in [0.15, 0.2) is 24.3 Å². The Morgan fingerprint density at radius 1 is 1.24 bits per heavy atom. The number of aryl methyl sites for hydroxylation is 1. The van der Waals surface area contributed by atoms with Crippen molar-refractivity contribution in [3.05, 3.63) is 35.4 Å². The third-order valence-corrected chi connectivity index (χ3v) is 3.15. The van der Waals surface area contributed by atoms with Gasteiger partial charge in [-0.05, 0) is 37.0 Å². The first-order valence-corrected chi connectivity index (χ1v) is 7.59. The van der Waals surface area contributed by atoms with E-state index in [1.54, 1.807) is 12.1 Å². The Morgan fingerprint density at radius 3 is 2.62 bits per heavy atom. The van der Waals surface area contributed by atoms with E-state index in [0.717, 1.165) is 31.4 Å². The maximum absolute atomic E-state index is 11.7. The van der Waals surface area contributed by atoms with Gasteiger partial charge in [0.1, 0.15) is 0 Å². The molecule has 1 aromatic rings. The maximum atomic E-state index is 11.7. The minimum atomic E-state index is 0.0629. The van der Waals surface area contributed by atoms with E-state index in [4.69, 9.17) is 10.00 Å². The van der Waals surface area contributed by atoms with E-state index < -0.39 is 0 Å². The van der Waals surface area contributed by atoms with E-state index >= 15 is 0 Å². The molecule has 0 aliphatic carbocycles. The average molecular weight is 288 g/mol. The van der Waals surface area contributed by atoms with Gasteiger partial charge in [-0.2, -0.15) is 5.26 Å². The monoisotopic (exact) mass is 288 g/mol. The fraction of sp³-hybridized carbons (Fsp3) is 0.529. The highest BCUT2D eigenvalue weighted by Crippen LogP contribution is 2.05. The number of nitrogens with one attached hydrogen (secondary N) is 1. The van der Waals surface area contributed by atoms with E-state index in [9.17, 15) is 4.79 Å². The van der Waals surface area contributed by atoms with Crippen molar-refractivity contribution in [3.63, 3.8) is 0 Å². The van der Waals surface area contributed by atoms with Crippen molar-refractivity contribution in [2.24, 2.45) is 0 Å². The molecule has 0 fully saturated rings. The molecule has 0 aliphatic heterocycles. The van der Waals surface area contributed by atoms with Crippen molar-refractivity contribution >= 4 is 5.91 Å². The van der Waals surface area contributed by atoms with Crippen LogP contribution >= 0.6 is 0 Å². The van der Waals surface area contributed by atoms with Gasteiger partial charge in [0.2, 0.25) is 5.91 Å². The molecule has 0 saturated heterocycles. The van der Waals surface area contributed by atoms with E-state index in [1.165, 1.54) is 0 Å². The van der Waals surface area contributed by atoms with Gasteiger partial charge in [-0.15, -0.1) is 0 Å². The summed E-state index contributed by atoms with van der Waals surface area (Å²) in [6.45, 7) is 4.31. The molecule has 1 N–H and O–H groups in total. The Balaban J connectivity index is 2.07. The Morgan fingerprint density at radius 2 is 1.95 bits per heavy atom. The number of carbonyl (C=O) groups is 1. The molecule has 0 atom stereocenters. The number of carbonyl (C=O) groups excluding carboxylic acids is 1. The molecule has 4 heteroatoms. The summed E-state index contributed by atoms with van der Waals surface area (Å²) in [7, 11) is 0. The van der Waals surface area contributed by atoms with Crippen LogP contribution in [0.1, 0.15) is 43.7 Å². The molecule has 1 aromatic carbocycles. The molecule has 0 saturated carbocycles. The van der Waals surface area contributed by atoms with Gasteiger partial charge in [-0.1, -0.05) is 25.5 Å². The minimum Gasteiger partial charge on any atom is -0.381 e. The molecule has 0 aromatic heterocycles. The smallest absolute Gasteiger partial charge is 0.220 e. The normalized spacial score (nSPS) is 10.1. The second-order valence-corrected chi connectivity index (χ2v) is 4.98. The molecule has 114 valence electrons. The Labute approximate surface area is 127 Å². The van der Waals surface area contributed by atoms with Gasteiger partial charge in [-0.25, -0.2) is 0 Å². The summed E-state index contributed by atoms with van der Waals surface area (Å²) in [5.74, 6) is 0.0629. The molecule has 0 radical (unpaired) electrons. The molecule has 1 amide bonds. The SMILES string of the molecule is CCCCOCCCNC(=O)CCc1ccc(C#N)cc1. The summed E-state index contributed by atoms with van der Waals surface area (Å²) in [6.07, 6.45) is 4.27. The number of benzene rings is 1. The lowest BCUT2D eigenvalue weighted by atomic mass is 10.1. The molecule has 0 bridgehead atoms. The van der Waals surface area contributed by atoms with E-state index in [-0.39, 0.29) is 5.91 Å². The maximum Gasteiger partial charge on any atom is 0.220 e. The van der Waals surface area contributed by atoms with E-state index in [2.05, 4.69) is 18.3 Å². The molecule has 0 unspecified atom stereocenters. The Hall–Kier alpha value is -1.86. The number of hydrogen-bond donors (Lipinski definition) is 1. The van der Waals surface area contributed by atoms with Crippen LogP contribution in [0.5, 0.6) is 0 Å². The molecule has 21 heavy (non-hydrogen) atoms. The quantitative estimate of drug-likeness (QED) is 0.673. The van der Waals surface area contributed by atoms with Gasteiger partial charge in [0.05, 0.1) is 11.6 Å². The van der Waals surface area contributed by atoms with Crippen LogP contribution in [-0.2, 0) is 16.0 Å². The van der Waals surface area contributed by atoms with Gasteiger partial charge in [-0.3, -0.25) is 4.79 Å². The molecule has 0 heterocycles. The minimum absolute atomic E-state index is 0.0629. The van der Waals surface area contributed by atoms with Crippen molar-refractivity contribution in [3.8, 4) is 6.07 Å². The van der Waals surface area contributed by atoms with Crippen LogP contribution in [-0.4, -0.2) is 25.7 Å². The standard InChI is InChI=1S/C17H24N2O2/c1-2-3-12-21-13-4-11-19-17(20)10-9-15-5-7-16(14-18)8-6-15/h5-8H,2-4,9-13H2,1H3,(H,19,20). The van der Waals surface area contributed by atoms with Gasteiger partial charge >= 0.3 is 0 Å². The zero-order valence-corrected chi connectivity index (χ0v) is 12.7. The molecule has 0 spiro atoms. The van der Waals surface area contributed by atoms with E-state index in [1.807, 2.05) is 12.1 Å². The molecular formula is C17H24N2O2. The van der Waals surface area contributed by atoms with Crippen molar-refractivity contribution < 1.29 is 9.53 Å². The fourth-order valence-electron chi connectivity index (χ4n) is 1.84. The van der Waals surface area contributed by atoms with Gasteiger partial charge < -0.3 is 10.1 Å². The highest BCUT2D eigenvalue weighted by molar-refractivity contribution is 5.76. The Bertz CT molecular complexity index is 449. The number of hydrogen-bond acceptors (Lipinski definition) is 3. The Kier molecular flexibility index (Phi) is 8.90. The highest BCUT2D eigenvalue weighted by Gasteiger charge is 2.02. The second-order valence-electron chi connectivity index (χ2n) is 4.98. The number of amides is 1. The van der Waals surface area contributed by atoms with Crippen LogP contribution in [0.4, 0.5) is 0 Å². The summed E-state index contributed by atoms with van der Waals surface area (Å²) in [4.78, 5) is 11.7. The molecule has 0 aliphatic rings.